The number of halogens is 1. The summed E-state index contributed by atoms with van der Waals surface area (Å²) in [4.78, 5) is 2.38. The van der Waals surface area contributed by atoms with Crippen LogP contribution in [-0.4, -0.2) is 36.7 Å². The molecule has 1 saturated heterocycles. The first-order chi connectivity index (χ1) is 9.45. The normalized spacial score (nSPS) is 25.6. The Kier molecular flexibility index (Phi) is 5.13. The first kappa shape index (κ1) is 15.4. The van der Waals surface area contributed by atoms with Gasteiger partial charge in [-0.3, -0.25) is 4.90 Å². The average Bonchev–Trinajstić information content (AvgIpc) is 2.38. The zero-order valence-corrected chi connectivity index (χ0v) is 12.6. The number of hydrogen-bond donors (Lipinski definition) is 1. The van der Waals surface area contributed by atoms with Crippen molar-refractivity contribution < 1.29 is 9.13 Å². The summed E-state index contributed by atoms with van der Waals surface area (Å²) in [5.74, 6) is -0.174. The summed E-state index contributed by atoms with van der Waals surface area (Å²) in [6.07, 6.45) is 1.38. The van der Waals surface area contributed by atoms with Crippen LogP contribution in [0.2, 0.25) is 0 Å². The van der Waals surface area contributed by atoms with E-state index in [2.05, 4.69) is 18.7 Å². The van der Waals surface area contributed by atoms with Crippen molar-refractivity contribution in [3.05, 3.63) is 35.1 Å². The smallest absolute Gasteiger partial charge is 0.126 e. The summed E-state index contributed by atoms with van der Waals surface area (Å²) in [7, 11) is 0. The van der Waals surface area contributed by atoms with Crippen molar-refractivity contribution in [3.8, 4) is 0 Å². The van der Waals surface area contributed by atoms with Gasteiger partial charge in [0, 0.05) is 25.7 Å². The zero-order chi connectivity index (χ0) is 14.7. The van der Waals surface area contributed by atoms with Crippen molar-refractivity contribution in [2.45, 2.75) is 45.4 Å². The van der Waals surface area contributed by atoms with E-state index in [9.17, 15) is 4.39 Å². The minimum absolute atomic E-state index is 0.112. The molecule has 1 aromatic rings. The molecule has 1 aliphatic rings. The summed E-state index contributed by atoms with van der Waals surface area (Å²) in [5, 5.41) is 0. The molecule has 2 N–H and O–H groups in total. The van der Waals surface area contributed by atoms with E-state index in [-0.39, 0.29) is 24.1 Å². The lowest BCUT2D eigenvalue weighted by molar-refractivity contribution is -0.0684. The van der Waals surface area contributed by atoms with Gasteiger partial charge in [-0.25, -0.2) is 4.39 Å². The molecule has 4 heteroatoms. The molecule has 1 unspecified atom stereocenters. The van der Waals surface area contributed by atoms with Gasteiger partial charge in [0.1, 0.15) is 5.82 Å². The molecule has 0 radical (unpaired) electrons. The molecular formula is C16H25FN2O. The Morgan fingerprint density at radius 1 is 1.35 bits per heavy atom. The molecule has 0 aromatic heterocycles. The highest BCUT2D eigenvalue weighted by atomic mass is 19.1. The van der Waals surface area contributed by atoms with E-state index in [1.165, 1.54) is 0 Å². The number of hydrogen-bond acceptors (Lipinski definition) is 3. The second-order valence-electron chi connectivity index (χ2n) is 5.92. The van der Waals surface area contributed by atoms with E-state index < -0.39 is 0 Å². The van der Waals surface area contributed by atoms with Crippen LogP contribution in [0.1, 0.15) is 37.4 Å². The van der Waals surface area contributed by atoms with E-state index in [0.717, 1.165) is 31.6 Å². The van der Waals surface area contributed by atoms with Crippen molar-refractivity contribution in [3.63, 3.8) is 0 Å². The van der Waals surface area contributed by atoms with Crippen LogP contribution in [0, 0.1) is 12.7 Å². The molecule has 1 heterocycles. The number of morpholine rings is 1. The number of ether oxygens (including phenoxy) is 1. The van der Waals surface area contributed by atoms with Gasteiger partial charge in [0.2, 0.25) is 0 Å². The lowest BCUT2D eigenvalue weighted by atomic mass is 10.0. The van der Waals surface area contributed by atoms with Crippen LogP contribution in [0.5, 0.6) is 0 Å². The highest BCUT2D eigenvalue weighted by Crippen LogP contribution is 2.19. The summed E-state index contributed by atoms with van der Waals surface area (Å²) < 4.78 is 19.3. The maximum absolute atomic E-state index is 13.6. The summed E-state index contributed by atoms with van der Waals surface area (Å²) >= 11 is 0. The molecule has 0 spiro atoms. The first-order valence-corrected chi connectivity index (χ1v) is 7.35. The van der Waals surface area contributed by atoms with Gasteiger partial charge in [0.15, 0.2) is 0 Å². The Hall–Kier alpha value is -0.970. The average molecular weight is 280 g/mol. The Balaban J connectivity index is 1.88. The highest BCUT2D eigenvalue weighted by Gasteiger charge is 2.22. The van der Waals surface area contributed by atoms with E-state index in [0.29, 0.717) is 5.56 Å². The fraction of sp³-hybridized carbons (Fsp3) is 0.625. The van der Waals surface area contributed by atoms with Gasteiger partial charge in [-0.05, 0) is 44.4 Å². The van der Waals surface area contributed by atoms with E-state index in [1.807, 2.05) is 6.07 Å². The lowest BCUT2D eigenvalue weighted by Crippen LogP contribution is -2.46. The molecule has 1 fully saturated rings. The van der Waals surface area contributed by atoms with Crippen molar-refractivity contribution in [2.24, 2.45) is 5.73 Å². The molecular weight excluding hydrogens is 255 g/mol. The zero-order valence-electron chi connectivity index (χ0n) is 12.6. The molecule has 0 aliphatic carbocycles. The van der Waals surface area contributed by atoms with Crippen molar-refractivity contribution in [1.29, 1.82) is 0 Å². The Labute approximate surface area is 120 Å². The van der Waals surface area contributed by atoms with Crippen LogP contribution in [-0.2, 0) is 4.74 Å². The molecule has 112 valence electrons. The minimum atomic E-state index is -0.174. The Morgan fingerprint density at radius 2 is 2.00 bits per heavy atom. The molecule has 1 aliphatic heterocycles. The summed E-state index contributed by atoms with van der Waals surface area (Å²) in [5.41, 5.74) is 7.72. The maximum atomic E-state index is 13.6. The maximum Gasteiger partial charge on any atom is 0.126 e. The SMILES string of the molecule is Cc1ccc(C(N)CCN2C[C@@H](C)O[C@@H](C)C2)cc1F. The molecule has 0 amide bonds. The third-order valence-corrected chi connectivity index (χ3v) is 3.88. The van der Waals surface area contributed by atoms with Gasteiger partial charge < -0.3 is 10.5 Å². The van der Waals surface area contributed by atoms with Gasteiger partial charge in [-0.1, -0.05) is 12.1 Å². The van der Waals surface area contributed by atoms with Gasteiger partial charge in [0.25, 0.3) is 0 Å². The largest absolute Gasteiger partial charge is 0.373 e. The number of rotatable bonds is 4. The fourth-order valence-corrected chi connectivity index (χ4v) is 2.80. The van der Waals surface area contributed by atoms with Gasteiger partial charge in [-0.15, -0.1) is 0 Å². The summed E-state index contributed by atoms with van der Waals surface area (Å²) in [6.45, 7) is 8.77. The predicted molar refractivity (Wildman–Crippen MR) is 79.1 cm³/mol. The van der Waals surface area contributed by atoms with E-state index >= 15 is 0 Å². The molecule has 0 bridgehead atoms. The number of nitrogens with zero attached hydrogens (tertiary/aromatic N) is 1. The molecule has 1 aromatic carbocycles. The summed E-state index contributed by atoms with van der Waals surface area (Å²) in [6, 6.07) is 5.17. The van der Waals surface area contributed by atoms with E-state index in [4.69, 9.17) is 10.5 Å². The van der Waals surface area contributed by atoms with Crippen LogP contribution >= 0.6 is 0 Å². The molecule has 20 heavy (non-hydrogen) atoms. The lowest BCUT2D eigenvalue weighted by Gasteiger charge is -2.35. The Bertz CT molecular complexity index is 442. The topological polar surface area (TPSA) is 38.5 Å². The number of aryl methyl sites for hydroxylation is 1. The van der Waals surface area contributed by atoms with Crippen LogP contribution in [0.15, 0.2) is 18.2 Å². The molecule has 0 saturated carbocycles. The van der Waals surface area contributed by atoms with Crippen molar-refractivity contribution >= 4 is 0 Å². The van der Waals surface area contributed by atoms with Crippen molar-refractivity contribution in [2.75, 3.05) is 19.6 Å². The third-order valence-electron chi connectivity index (χ3n) is 3.88. The standard InChI is InChI=1S/C16H25FN2O/c1-11-4-5-14(8-15(11)17)16(18)6-7-19-9-12(2)20-13(3)10-19/h4-5,8,12-13,16H,6-7,9-10,18H2,1-3H3/t12-,13+,16?. The fourth-order valence-electron chi connectivity index (χ4n) is 2.80. The third kappa shape index (κ3) is 4.01. The van der Waals surface area contributed by atoms with Crippen LogP contribution < -0.4 is 5.73 Å². The minimum Gasteiger partial charge on any atom is -0.373 e. The molecule has 2 rings (SSSR count). The molecule has 3 atom stereocenters. The van der Waals surface area contributed by atoms with Crippen LogP contribution in [0.3, 0.4) is 0 Å². The Morgan fingerprint density at radius 3 is 2.60 bits per heavy atom. The first-order valence-electron chi connectivity index (χ1n) is 7.35. The van der Waals surface area contributed by atoms with E-state index in [1.54, 1.807) is 19.1 Å². The van der Waals surface area contributed by atoms with Crippen LogP contribution in [0.4, 0.5) is 4.39 Å². The quantitative estimate of drug-likeness (QED) is 0.921. The highest BCUT2D eigenvalue weighted by molar-refractivity contribution is 5.25. The van der Waals surface area contributed by atoms with Crippen LogP contribution in [0.25, 0.3) is 0 Å². The van der Waals surface area contributed by atoms with Gasteiger partial charge >= 0.3 is 0 Å². The second-order valence-corrected chi connectivity index (χ2v) is 5.92. The molecule has 3 nitrogen and oxygen atoms in total. The van der Waals surface area contributed by atoms with Crippen molar-refractivity contribution in [1.82, 2.24) is 4.90 Å². The second kappa shape index (κ2) is 6.66. The monoisotopic (exact) mass is 280 g/mol. The van der Waals surface area contributed by atoms with Gasteiger partial charge in [0.05, 0.1) is 12.2 Å². The number of nitrogens with two attached hydrogens (primary N) is 1. The number of benzene rings is 1. The predicted octanol–water partition coefficient (Wildman–Crippen LogP) is 2.63. The van der Waals surface area contributed by atoms with Gasteiger partial charge in [-0.2, -0.15) is 0 Å².